The predicted octanol–water partition coefficient (Wildman–Crippen LogP) is 3.86. The Morgan fingerprint density at radius 2 is 2.05 bits per heavy atom. The van der Waals surface area contributed by atoms with Crippen molar-refractivity contribution in [3.8, 4) is 5.69 Å². The molecule has 1 aliphatic carbocycles. The summed E-state index contributed by atoms with van der Waals surface area (Å²) in [6.45, 7) is 2.36. The van der Waals surface area contributed by atoms with Gasteiger partial charge in [0.05, 0.1) is 6.33 Å². The highest BCUT2D eigenvalue weighted by atomic mass is 15.0. The van der Waals surface area contributed by atoms with Gasteiger partial charge < -0.3 is 9.88 Å². The molecule has 1 aromatic carbocycles. The van der Waals surface area contributed by atoms with E-state index in [1.807, 2.05) is 23.3 Å². The lowest BCUT2D eigenvalue weighted by Crippen LogP contribution is -2.25. The van der Waals surface area contributed by atoms with Crippen LogP contribution in [-0.4, -0.2) is 15.6 Å². The zero-order valence-corrected chi connectivity index (χ0v) is 11.4. The minimum atomic E-state index is 0.634. The van der Waals surface area contributed by atoms with Gasteiger partial charge in [-0.15, -0.1) is 0 Å². The lowest BCUT2D eigenvalue weighted by molar-refractivity contribution is 0.361. The second-order valence-corrected chi connectivity index (χ2v) is 5.62. The second-order valence-electron chi connectivity index (χ2n) is 5.62. The van der Waals surface area contributed by atoms with Crippen molar-refractivity contribution in [2.24, 2.45) is 5.92 Å². The third kappa shape index (κ3) is 2.98. The highest BCUT2D eigenvalue weighted by molar-refractivity contribution is 5.51. The Labute approximate surface area is 114 Å². The summed E-state index contributed by atoms with van der Waals surface area (Å²) in [5, 5.41) is 3.67. The number of nitrogens with one attached hydrogen (secondary N) is 1. The third-order valence-corrected chi connectivity index (χ3v) is 4.04. The number of imidazole rings is 1. The molecule has 3 rings (SSSR count). The Kier molecular flexibility index (Phi) is 3.53. The highest BCUT2D eigenvalue weighted by Crippen LogP contribution is 2.26. The molecule has 3 heteroatoms. The zero-order chi connectivity index (χ0) is 13.1. The Balaban J connectivity index is 1.70. The summed E-state index contributed by atoms with van der Waals surface area (Å²) in [7, 11) is 0. The summed E-state index contributed by atoms with van der Waals surface area (Å²) in [5.41, 5.74) is 2.37. The minimum absolute atomic E-state index is 0.634. The fourth-order valence-electron chi connectivity index (χ4n) is 2.81. The number of rotatable bonds is 3. The molecule has 1 saturated carbocycles. The van der Waals surface area contributed by atoms with E-state index in [0.717, 1.165) is 11.6 Å². The second kappa shape index (κ2) is 5.47. The van der Waals surface area contributed by atoms with Gasteiger partial charge >= 0.3 is 0 Å². The molecule has 2 aromatic rings. The molecule has 0 spiro atoms. The first kappa shape index (κ1) is 12.3. The number of anilines is 1. The van der Waals surface area contributed by atoms with Gasteiger partial charge in [-0.05, 0) is 49.8 Å². The molecule has 1 aliphatic rings. The third-order valence-electron chi connectivity index (χ3n) is 4.04. The number of hydrogen-bond acceptors (Lipinski definition) is 2. The average molecular weight is 255 g/mol. The van der Waals surface area contributed by atoms with Crippen molar-refractivity contribution in [2.75, 3.05) is 5.32 Å². The summed E-state index contributed by atoms with van der Waals surface area (Å²) in [6.07, 6.45) is 10.9. The number of nitrogens with zero attached hydrogens (tertiary/aromatic N) is 2. The first-order valence-electron chi connectivity index (χ1n) is 7.16. The van der Waals surface area contributed by atoms with E-state index in [4.69, 9.17) is 0 Å². The van der Waals surface area contributed by atoms with Crippen LogP contribution in [0.4, 0.5) is 5.69 Å². The molecule has 1 N–H and O–H groups in total. The zero-order valence-electron chi connectivity index (χ0n) is 11.4. The lowest BCUT2D eigenvalue weighted by atomic mass is 9.87. The van der Waals surface area contributed by atoms with Crippen molar-refractivity contribution >= 4 is 5.69 Å². The smallest absolute Gasteiger partial charge is 0.0991 e. The number of benzene rings is 1. The summed E-state index contributed by atoms with van der Waals surface area (Å²) in [6, 6.07) is 9.19. The molecule has 0 amide bonds. The van der Waals surface area contributed by atoms with Crippen molar-refractivity contribution in [1.29, 1.82) is 0 Å². The van der Waals surface area contributed by atoms with Crippen LogP contribution in [0, 0.1) is 5.92 Å². The van der Waals surface area contributed by atoms with Crippen molar-refractivity contribution in [3.63, 3.8) is 0 Å². The fourth-order valence-corrected chi connectivity index (χ4v) is 2.81. The predicted molar refractivity (Wildman–Crippen MR) is 78.6 cm³/mol. The molecule has 0 saturated heterocycles. The Bertz CT molecular complexity index is 511. The average Bonchev–Trinajstić information content (AvgIpc) is 2.96. The molecule has 1 aromatic heterocycles. The largest absolute Gasteiger partial charge is 0.382 e. The molecule has 0 radical (unpaired) electrons. The van der Waals surface area contributed by atoms with Gasteiger partial charge in [-0.2, -0.15) is 0 Å². The first-order valence-corrected chi connectivity index (χ1v) is 7.16. The van der Waals surface area contributed by atoms with Crippen LogP contribution in [0.3, 0.4) is 0 Å². The molecular formula is C16H21N3. The van der Waals surface area contributed by atoms with Gasteiger partial charge in [0, 0.05) is 29.8 Å². The SMILES string of the molecule is CC1CCC(Nc2cccc(-n3ccnc3)c2)CC1. The summed E-state index contributed by atoms with van der Waals surface area (Å²) >= 11 is 0. The van der Waals surface area contributed by atoms with Crippen LogP contribution in [0.15, 0.2) is 43.0 Å². The highest BCUT2D eigenvalue weighted by Gasteiger charge is 2.17. The quantitative estimate of drug-likeness (QED) is 0.902. The molecule has 0 unspecified atom stereocenters. The molecule has 1 fully saturated rings. The maximum atomic E-state index is 4.09. The number of aromatic nitrogens is 2. The summed E-state index contributed by atoms with van der Waals surface area (Å²) in [5.74, 6) is 0.898. The lowest BCUT2D eigenvalue weighted by Gasteiger charge is -2.27. The molecular weight excluding hydrogens is 234 g/mol. The molecule has 0 bridgehead atoms. The van der Waals surface area contributed by atoms with Crippen LogP contribution in [-0.2, 0) is 0 Å². The van der Waals surface area contributed by atoms with E-state index in [0.29, 0.717) is 6.04 Å². The van der Waals surface area contributed by atoms with Gasteiger partial charge in [-0.1, -0.05) is 13.0 Å². The van der Waals surface area contributed by atoms with Crippen LogP contribution in [0.25, 0.3) is 5.69 Å². The van der Waals surface area contributed by atoms with Crippen LogP contribution >= 0.6 is 0 Å². The van der Waals surface area contributed by atoms with Gasteiger partial charge in [-0.25, -0.2) is 4.98 Å². The van der Waals surface area contributed by atoms with E-state index >= 15 is 0 Å². The van der Waals surface area contributed by atoms with Gasteiger partial charge in [-0.3, -0.25) is 0 Å². The molecule has 19 heavy (non-hydrogen) atoms. The number of hydrogen-bond donors (Lipinski definition) is 1. The van der Waals surface area contributed by atoms with E-state index in [9.17, 15) is 0 Å². The maximum Gasteiger partial charge on any atom is 0.0991 e. The molecule has 0 atom stereocenters. The van der Waals surface area contributed by atoms with E-state index in [1.165, 1.54) is 31.4 Å². The molecule has 1 heterocycles. The first-order chi connectivity index (χ1) is 9.31. The van der Waals surface area contributed by atoms with Crippen LogP contribution in [0.2, 0.25) is 0 Å². The van der Waals surface area contributed by atoms with Crippen LogP contribution in [0.1, 0.15) is 32.6 Å². The normalized spacial score (nSPS) is 23.2. The van der Waals surface area contributed by atoms with Crippen LogP contribution in [0.5, 0.6) is 0 Å². The maximum absolute atomic E-state index is 4.09. The van der Waals surface area contributed by atoms with E-state index in [-0.39, 0.29) is 0 Å². The minimum Gasteiger partial charge on any atom is -0.382 e. The standard InChI is InChI=1S/C16H21N3/c1-13-5-7-14(8-6-13)18-15-3-2-4-16(11-15)19-10-9-17-12-19/h2-4,9-14,18H,5-8H2,1H3. The Hall–Kier alpha value is -1.77. The van der Waals surface area contributed by atoms with E-state index < -0.39 is 0 Å². The van der Waals surface area contributed by atoms with Crippen molar-refractivity contribution in [1.82, 2.24) is 9.55 Å². The topological polar surface area (TPSA) is 29.9 Å². The Morgan fingerprint density at radius 1 is 1.21 bits per heavy atom. The summed E-state index contributed by atoms with van der Waals surface area (Å²) in [4.78, 5) is 4.09. The van der Waals surface area contributed by atoms with Crippen LogP contribution < -0.4 is 5.32 Å². The van der Waals surface area contributed by atoms with Gasteiger partial charge in [0.15, 0.2) is 0 Å². The summed E-state index contributed by atoms with van der Waals surface area (Å²) < 4.78 is 2.04. The van der Waals surface area contributed by atoms with Gasteiger partial charge in [0.1, 0.15) is 0 Å². The Morgan fingerprint density at radius 3 is 2.79 bits per heavy atom. The van der Waals surface area contributed by atoms with Crippen molar-refractivity contribution in [3.05, 3.63) is 43.0 Å². The molecule has 0 aliphatic heterocycles. The monoisotopic (exact) mass is 255 g/mol. The van der Waals surface area contributed by atoms with Gasteiger partial charge in [0.2, 0.25) is 0 Å². The molecule has 100 valence electrons. The fraction of sp³-hybridized carbons (Fsp3) is 0.438. The van der Waals surface area contributed by atoms with E-state index in [1.54, 1.807) is 0 Å². The van der Waals surface area contributed by atoms with Crippen molar-refractivity contribution < 1.29 is 0 Å². The van der Waals surface area contributed by atoms with Gasteiger partial charge in [0.25, 0.3) is 0 Å². The molecule has 3 nitrogen and oxygen atoms in total. The van der Waals surface area contributed by atoms with E-state index in [2.05, 4.69) is 41.5 Å². The van der Waals surface area contributed by atoms with Crippen molar-refractivity contribution in [2.45, 2.75) is 38.6 Å².